The van der Waals surface area contributed by atoms with Crippen LogP contribution in [-0.4, -0.2) is 10.1 Å². The molecule has 1 rings (SSSR count). The van der Waals surface area contributed by atoms with E-state index in [1.807, 2.05) is 25.2 Å². The van der Waals surface area contributed by atoms with Gasteiger partial charge in [-0.2, -0.15) is 0 Å². The Morgan fingerprint density at radius 1 is 1.62 bits per heavy atom. The van der Waals surface area contributed by atoms with Crippen LogP contribution in [0.2, 0.25) is 0 Å². The lowest BCUT2D eigenvalue weighted by molar-refractivity contribution is 0.569. The van der Waals surface area contributed by atoms with Crippen LogP contribution in [0.1, 0.15) is 13.3 Å². The highest BCUT2D eigenvalue weighted by atomic mass is 33.1. The highest BCUT2D eigenvalue weighted by molar-refractivity contribution is 8.43. The zero-order chi connectivity index (χ0) is 10.5. The van der Waals surface area contributed by atoms with E-state index in [1.54, 1.807) is 0 Å². The fraction of sp³-hybridized carbons (Fsp3) is 0.429. The molecule has 1 atom stereocenters. The molecular formula is C7H13N2OS3-. The zero-order valence-corrected chi connectivity index (χ0v) is 9.72. The first-order chi connectivity index (χ1) is 5.83. The quantitative estimate of drug-likeness (QED) is 0.535. The van der Waals surface area contributed by atoms with E-state index in [-0.39, 0.29) is 5.54 Å². The maximum absolute atomic E-state index is 7.71. The third-order valence-electron chi connectivity index (χ3n) is 1.37. The van der Waals surface area contributed by atoms with Crippen molar-refractivity contribution >= 4 is 30.7 Å². The minimum Gasteiger partial charge on any atom is -0.481 e. The van der Waals surface area contributed by atoms with Crippen LogP contribution in [0.3, 0.4) is 0 Å². The first kappa shape index (κ1) is 13.0. The lowest BCUT2D eigenvalue weighted by Gasteiger charge is -2.22. The van der Waals surface area contributed by atoms with Crippen LogP contribution in [0.15, 0.2) is 23.9 Å². The van der Waals surface area contributed by atoms with Crippen LogP contribution >= 0.6 is 0 Å². The van der Waals surface area contributed by atoms with Gasteiger partial charge in [0.25, 0.3) is 0 Å². The van der Waals surface area contributed by atoms with Crippen molar-refractivity contribution in [1.29, 1.82) is 0 Å². The predicted octanol–water partition coefficient (Wildman–Crippen LogP) is 0.508. The van der Waals surface area contributed by atoms with Crippen LogP contribution in [0, 0.1) is 0 Å². The minimum absolute atomic E-state index is 0.223. The molecule has 0 fully saturated rings. The second kappa shape index (κ2) is 5.66. The molecule has 6 heteroatoms. The SMILES string of the molecule is CC1(N)C=CC=C(N)C1.O[S-](=S)=S. The Morgan fingerprint density at radius 3 is 2.31 bits per heavy atom. The lowest BCUT2D eigenvalue weighted by Crippen LogP contribution is -2.36. The van der Waals surface area contributed by atoms with Gasteiger partial charge >= 0.3 is 0 Å². The summed E-state index contributed by atoms with van der Waals surface area (Å²) in [7, 11) is -1.19. The first-order valence-corrected chi connectivity index (χ1v) is 6.58. The summed E-state index contributed by atoms with van der Waals surface area (Å²) in [5.41, 5.74) is 11.9. The zero-order valence-electron chi connectivity index (χ0n) is 7.27. The van der Waals surface area contributed by atoms with Crippen molar-refractivity contribution in [3.05, 3.63) is 23.9 Å². The molecule has 0 bridgehead atoms. The number of hydrogen-bond donors (Lipinski definition) is 3. The summed E-state index contributed by atoms with van der Waals surface area (Å²) in [6.07, 6.45) is 6.51. The maximum Gasteiger partial charge on any atom is 0.0368 e. The molecule has 0 aromatic heterocycles. The van der Waals surface area contributed by atoms with Gasteiger partial charge in [0.2, 0.25) is 0 Å². The third kappa shape index (κ3) is 8.32. The molecule has 0 heterocycles. The molecule has 0 radical (unpaired) electrons. The van der Waals surface area contributed by atoms with Crippen LogP contribution in [0.4, 0.5) is 0 Å². The van der Waals surface area contributed by atoms with Crippen molar-refractivity contribution in [2.45, 2.75) is 18.9 Å². The number of hydrogen-bond acceptors (Lipinski definition) is 5. The summed E-state index contributed by atoms with van der Waals surface area (Å²) < 4.78 is 7.71. The fourth-order valence-electron chi connectivity index (χ4n) is 0.949. The van der Waals surface area contributed by atoms with E-state index in [0.717, 1.165) is 12.1 Å². The molecule has 1 unspecified atom stereocenters. The van der Waals surface area contributed by atoms with Gasteiger partial charge in [-0.25, -0.2) is 30.7 Å². The molecule has 0 aromatic rings. The van der Waals surface area contributed by atoms with Gasteiger partial charge in [-0.3, -0.25) is 0 Å². The van der Waals surface area contributed by atoms with Crippen LogP contribution in [-0.2, 0) is 30.7 Å². The standard InChI is InChI=1S/C7H12N2.HOS3/c1-7(9)4-2-3-6(8)5-7;1-4(2)3/h2-4H,5,8-9H2,1H3;(H,1,2,3)/q;-1. The molecule has 3 nitrogen and oxygen atoms in total. The van der Waals surface area contributed by atoms with E-state index in [0.29, 0.717) is 0 Å². The Labute approximate surface area is 89.5 Å². The van der Waals surface area contributed by atoms with Crippen molar-refractivity contribution in [2.75, 3.05) is 0 Å². The molecule has 0 spiro atoms. The van der Waals surface area contributed by atoms with Crippen molar-refractivity contribution in [3.8, 4) is 0 Å². The average molecular weight is 237 g/mol. The summed E-state index contributed by atoms with van der Waals surface area (Å²) in [4.78, 5) is 0. The molecule has 13 heavy (non-hydrogen) atoms. The molecule has 1 aliphatic rings. The fourth-order valence-corrected chi connectivity index (χ4v) is 0.949. The van der Waals surface area contributed by atoms with E-state index >= 15 is 0 Å². The second-order valence-electron chi connectivity index (χ2n) is 3.00. The van der Waals surface area contributed by atoms with Crippen LogP contribution in [0.5, 0.6) is 0 Å². The summed E-state index contributed by atoms with van der Waals surface area (Å²) in [6.45, 7) is 1.96. The van der Waals surface area contributed by atoms with E-state index in [9.17, 15) is 0 Å². The van der Waals surface area contributed by atoms with Gasteiger partial charge in [0, 0.05) is 17.7 Å². The summed E-state index contributed by atoms with van der Waals surface area (Å²) >= 11 is 8.04. The monoisotopic (exact) mass is 237 g/mol. The largest absolute Gasteiger partial charge is 0.481 e. The Bertz CT molecular complexity index is 284. The van der Waals surface area contributed by atoms with Gasteiger partial charge in [-0.05, 0) is 13.0 Å². The van der Waals surface area contributed by atoms with Gasteiger partial charge < -0.3 is 16.0 Å². The normalized spacial score (nSPS) is 26.3. The number of allylic oxidation sites excluding steroid dienone is 2. The lowest BCUT2D eigenvalue weighted by atomic mass is 9.93. The summed E-state index contributed by atoms with van der Waals surface area (Å²) in [5, 5.41) is 0. The Balaban J connectivity index is 0.000000310. The second-order valence-corrected chi connectivity index (χ2v) is 5.96. The molecule has 0 aromatic carbocycles. The van der Waals surface area contributed by atoms with Crippen molar-refractivity contribution in [3.63, 3.8) is 0 Å². The summed E-state index contributed by atoms with van der Waals surface area (Å²) in [6, 6.07) is 0. The molecule has 1 aliphatic carbocycles. The topological polar surface area (TPSA) is 72.3 Å². The molecule has 5 N–H and O–H groups in total. The number of rotatable bonds is 0. The van der Waals surface area contributed by atoms with E-state index in [4.69, 9.17) is 16.0 Å². The Kier molecular flexibility index (Phi) is 5.66. The molecule has 76 valence electrons. The van der Waals surface area contributed by atoms with Gasteiger partial charge in [0.05, 0.1) is 0 Å². The Morgan fingerprint density at radius 2 is 2.08 bits per heavy atom. The highest BCUT2D eigenvalue weighted by Gasteiger charge is 2.16. The van der Waals surface area contributed by atoms with Crippen LogP contribution < -0.4 is 11.5 Å². The first-order valence-electron chi connectivity index (χ1n) is 3.54. The molecular weight excluding hydrogens is 224 g/mol. The van der Waals surface area contributed by atoms with Gasteiger partial charge in [0.15, 0.2) is 0 Å². The summed E-state index contributed by atoms with van der Waals surface area (Å²) in [5.74, 6) is 0. The Hall–Kier alpha value is -0.0100. The van der Waals surface area contributed by atoms with Gasteiger partial charge in [-0.15, -0.1) is 0 Å². The minimum atomic E-state index is -1.19. The van der Waals surface area contributed by atoms with E-state index in [1.165, 1.54) is 0 Å². The number of nitrogens with two attached hydrogens (primary N) is 2. The maximum atomic E-state index is 7.71. The molecule has 0 aliphatic heterocycles. The highest BCUT2D eigenvalue weighted by Crippen LogP contribution is 2.15. The van der Waals surface area contributed by atoms with E-state index in [2.05, 4.69) is 22.4 Å². The predicted molar refractivity (Wildman–Crippen MR) is 63.3 cm³/mol. The molecule has 0 saturated heterocycles. The van der Waals surface area contributed by atoms with E-state index < -0.39 is 8.29 Å². The van der Waals surface area contributed by atoms with Gasteiger partial charge in [-0.1, -0.05) is 12.2 Å². The van der Waals surface area contributed by atoms with Crippen LogP contribution in [0.25, 0.3) is 0 Å². The van der Waals surface area contributed by atoms with Crippen molar-refractivity contribution in [1.82, 2.24) is 0 Å². The van der Waals surface area contributed by atoms with Crippen molar-refractivity contribution in [2.24, 2.45) is 11.5 Å². The average Bonchev–Trinajstić information content (AvgIpc) is 1.81. The van der Waals surface area contributed by atoms with Crippen molar-refractivity contribution < 1.29 is 4.55 Å². The van der Waals surface area contributed by atoms with Gasteiger partial charge in [0.1, 0.15) is 0 Å². The molecule has 0 amide bonds. The third-order valence-corrected chi connectivity index (χ3v) is 1.37. The molecule has 0 saturated carbocycles. The smallest absolute Gasteiger partial charge is 0.0368 e.